The second kappa shape index (κ2) is 5.52. The Hall–Kier alpha value is -0.690. The van der Waals surface area contributed by atoms with Crippen LogP contribution in [0.1, 0.15) is 27.7 Å². The lowest BCUT2D eigenvalue weighted by Gasteiger charge is -2.49. The summed E-state index contributed by atoms with van der Waals surface area (Å²) >= 11 is 0. The third-order valence-corrected chi connectivity index (χ3v) is 2.93. The van der Waals surface area contributed by atoms with Gasteiger partial charge in [-0.1, -0.05) is 0 Å². The fraction of sp³-hybridized carbons (Fsp3) is 0.917. The fourth-order valence-corrected chi connectivity index (χ4v) is 2.67. The van der Waals surface area contributed by atoms with E-state index in [1.54, 1.807) is 7.11 Å². The summed E-state index contributed by atoms with van der Waals surface area (Å²) in [6, 6.07) is -0.387. The lowest BCUT2D eigenvalue weighted by atomic mass is 9.97. The van der Waals surface area contributed by atoms with Gasteiger partial charge in [0.2, 0.25) is 0 Å². The molecule has 1 aliphatic heterocycles. The molecule has 0 aromatic heterocycles. The molecule has 0 radical (unpaired) electrons. The summed E-state index contributed by atoms with van der Waals surface area (Å²) in [5, 5.41) is 0. The Morgan fingerprint density at radius 3 is 2.28 bits per heavy atom. The largest absolute Gasteiger partial charge is 0.383 e. The molecule has 1 unspecified atom stereocenters. The third-order valence-electron chi connectivity index (χ3n) is 2.93. The zero-order valence-corrected chi connectivity index (χ0v) is 11.9. The van der Waals surface area contributed by atoms with Crippen molar-refractivity contribution >= 4 is 5.91 Å². The van der Waals surface area contributed by atoms with Gasteiger partial charge >= 0.3 is 0 Å². The van der Waals surface area contributed by atoms with Gasteiger partial charge in [0, 0.05) is 20.2 Å². The number of rotatable bonds is 4. The predicted molar refractivity (Wildman–Crippen MR) is 68.8 cm³/mol. The van der Waals surface area contributed by atoms with Crippen LogP contribution in [0.2, 0.25) is 0 Å². The molecule has 1 rings (SSSR count). The van der Waals surface area contributed by atoms with Crippen LogP contribution in [0.3, 0.4) is 0 Å². The van der Waals surface area contributed by atoms with Gasteiger partial charge in [-0.05, 0) is 27.7 Å². The van der Waals surface area contributed by atoms with Gasteiger partial charge in [-0.2, -0.15) is 0 Å². The van der Waals surface area contributed by atoms with Gasteiger partial charge < -0.3 is 9.47 Å². The molecular formula is C12H25N3O3. The van der Waals surface area contributed by atoms with Gasteiger partial charge in [0.1, 0.15) is 6.04 Å². The average Bonchev–Trinajstić information content (AvgIpc) is 2.20. The van der Waals surface area contributed by atoms with Gasteiger partial charge in [0.15, 0.2) is 0 Å². The zero-order valence-electron chi connectivity index (χ0n) is 11.9. The Bertz CT molecular complexity index is 289. The standard InChI is InChI=1S/C12H25N3O3/c1-11(2)7-15(8-12(3,4)18-11)9(6-17-5)10(16)14-13/h9H,6-8,13H2,1-5H3,(H,14,16). The quantitative estimate of drug-likeness (QED) is 0.418. The lowest BCUT2D eigenvalue weighted by molar-refractivity contribution is -0.191. The number of hydrazine groups is 1. The van der Waals surface area contributed by atoms with Crippen LogP contribution in [0.15, 0.2) is 0 Å². The Balaban J connectivity index is 2.87. The van der Waals surface area contributed by atoms with Crippen molar-refractivity contribution < 1.29 is 14.3 Å². The molecule has 1 fully saturated rings. The van der Waals surface area contributed by atoms with Gasteiger partial charge in [-0.3, -0.25) is 15.1 Å². The molecular weight excluding hydrogens is 234 g/mol. The number of carbonyl (C=O) groups excluding carboxylic acids is 1. The number of methoxy groups -OCH3 is 1. The van der Waals surface area contributed by atoms with E-state index in [-0.39, 0.29) is 23.2 Å². The molecule has 0 spiro atoms. The molecule has 0 saturated carbocycles. The first-order valence-electron chi connectivity index (χ1n) is 6.14. The van der Waals surface area contributed by atoms with Crippen molar-refractivity contribution in [2.75, 3.05) is 26.8 Å². The van der Waals surface area contributed by atoms with Crippen LogP contribution in [0.25, 0.3) is 0 Å². The van der Waals surface area contributed by atoms with E-state index in [0.29, 0.717) is 19.7 Å². The van der Waals surface area contributed by atoms with Gasteiger partial charge in [-0.15, -0.1) is 0 Å². The topological polar surface area (TPSA) is 76.8 Å². The smallest absolute Gasteiger partial charge is 0.253 e. The monoisotopic (exact) mass is 259 g/mol. The number of nitrogens with one attached hydrogen (secondary N) is 1. The van der Waals surface area contributed by atoms with Gasteiger partial charge in [-0.25, -0.2) is 5.84 Å². The zero-order chi connectivity index (χ0) is 14.0. The normalized spacial score (nSPS) is 24.6. The van der Waals surface area contributed by atoms with E-state index in [1.807, 2.05) is 27.7 Å². The number of amides is 1. The molecule has 106 valence electrons. The number of nitrogens with two attached hydrogens (primary N) is 1. The maximum atomic E-state index is 11.8. The summed E-state index contributed by atoms with van der Waals surface area (Å²) in [5.41, 5.74) is 1.59. The minimum atomic E-state index is -0.387. The Morgan fingerprint density at radius 2 is 1.89 bits per heavy atom. The van der Waals surface area contributed by atoms with Crippen LogP contribution in [0, 0.1) is 0 Å². The molecule has 1 heterocycles. The molecule has 18 heavy (non-hydrogen) atoms. The van der Waals surface area contributed by atoms with Crippen molar-refractivity contribution in [3.63, 3.8) is 0 Å². The molecule has 1 amide bonds. The molecule has 3 N–H and O–H groups in total. The number of carbonyl (C=O) groups is 1. The van der Waals surface area contributed by atoms with E-state index in [0.717, 1.165) is 0 Å². The van der Waals surface area contributed by atoms with E-state index < -0.39 is 0 Å². The lowest BCUT2D eigenvalue weighted by Crippen LogP contribution is -2.63. The number of nitrogens with zero attached hydrogens (tertiary/aromatic N) is 1. The minimum absolute atomic E-state index is 0.231. The van der Waals surface area contributed by atoms with Gasteiger partial charge in [0.25, 0.3) is 5.91 Å². The first-order chi connectivity index (χ1) is 8.21. The first-order valence-corrected chi connectivity index (χ1v) is 6.14. The molecule has 6 heteroatoms. The minimum Gasteiger partial charge on any atom is -0.383 e. The van der Waals surface area contributed by atoms with Crippen LogP contribution >= 0.6 is 0 Å². The summed E-state index contributed by atoms with van der Waals surface area (Å²) in [6.07, 6.45) is 0. The molecule has 0 aliphatic carbocycles. The third kappa shape index (κ3) is 3.91. The first kappa shape index (κ1) is 15.4. The number of ether oxygens (including phenoxy) is 2. The summed E-state index contributed by atoms with van der Waals surface area (Å²) < 4.78 is 11.1. The summed E-state index contributed by atoms with van der Waals surface area (Å²) in [4.78, 5) is 13.9. The van der Waals surface area contributed by atoms with Crippen molar-refractivity contribution in [2.24, 2.45) is 5.84 Å². The summed E-state index contributed by atoms with van der Waals surface area (Å²) in [5.74, 6) is 5.00. The Labute approximate surface area is 109 Å². The van der Waals surface area contributed by atoms with Crippen LogP contribution < -0.4 is 11.3 Å². The maximum absolute atomic E-state index is 11.8. The molecule has 0 bridgehead atoms. The number of hydrogen-bond donors (Lipinski definition) is 2. The second-order valence-electron chi connectivity index (χ2n) is 6.01. The van der Waals surface area contributed by atoms with E-state index in [2.05, 4.69) is 10.3 Å². The van der Waals surface area contributed by atoms with Crippen molar-refractivity contribution in [2.45, 2.75) is 44.9 Å². The molecule has 1 saturated heterocycles. The van der Waals surface area contributed by atoms with Crippen molar-refractivity contribution in [3.8, 4) is 0 Å². The highest BCUT2D eigenvalue weighted by Gasteiger charge is 2.42. The summed E-state index contributed by atoms with van der Waals surface area (Å²) in [7, 11) is 1.58. The SMILES string of the molecule is COCC(C(=O)NN)N1CC(C)(C)OC(C)(C)C1. The van der Waals surface area contributed by atoms with Crippen LogP contribution in [0.5, 0.6) is 0 Å². The predicted octanol–water partition coefficient (Wildman–Crippen LogP) is -0.119. The molecule has 1 atom stereocenters. The van der Waals surface area contributed by atoms with Gasteiger partial charge in [0.05, 0.1) is 17.8 Å². The molecule has 6 nitrogen and oxygen atoms in total. The highest BCUT2D eigenvalue weighted by atomic mass is 16.5. The van der Waals surface area contributed by atoms with Crippen LogP contribution in [-0.4, -0.2) is 54.9 Å². The van der Waals surface area contributed by atoms with Crippen LogP contribution in [0.4, 0.5) is 0 Å². The van der Waals surface area contributed by atoms with E-state index in [1.165, 1.54) is 0 Å². The average molecular weight is 259 g/mol. The Morgan fingerprint density at radius 1 is 1.39 bits per heavy atom. The fourth-order valence-electron chi connectivity index (χ4n) is 2.67. The van der Waals surface area contributed by atoms with E-state index in [9.17, 15) is 4.79 Å². The van der Waals surface area contributed by atoms with Crippen molar-refractivity contribution in [1.29, 1.82) is 0 Å². The molecule has 0 aromatic carbocycles. The molecule has 0 aromatic rings. The highest BCUT2D eigenvalue weighted by molar-refractivity contribution is 5.81. The number of morpholine rings is 1. The van der Waals surface area contributed by atoms with Crippen molar-refractivity contribution in [3.05, 3.63) is 0 Å². The summed E-state index contributed by atoms with van der Waals surface area (Å²) in [6.45, 7) is 9.72. The van der Waals surface area contributed by atoms with E-state index in [4.69, 9.17) is 15.3 Å². The number of hydrogen-bond acceptors (Lipinski definition) is 5. The van der Waals surface area contributed by atoms with Crippen molar-refractivity contribution in [1.82, 2.24) is 10.3 Å². The maximum Gasteiger partial charge on any atom is 0.253 e. The molecule has 1 aliphatic rings. The van der Waals surface area contributed by atoms with E-state index >= 15 is 0 Å². The van der Waals surface area contributed by atoms with Crippen LogP contribution in [-0.2, 0) is 14.3 Å². The highest BCUT2D eigenvalue weighted by Crippen LogP contribution is 2.29. The Kier molecular flexibility index (Phi) is 4.72. The second-order valence-corrected chi connectivity index (χ2v) is 6.01.